The molecule has 1 amide bonds. The summed E-state index contributed by atoms with van der Waals surface area (Å²) < 4.78 is 14.9. The fourth-order valence-corrected chi connectivity index (χ4v) is 2.50. The van der Waals surface area contributed by atoms with Crippen LogP contribution < -0.4 is 5.32 Å². The van der Waals surface area contributed by atoms with E-state index in [9.17, 15) is 9.18 Å². The molecule has 0 radical (unpaired) electrons. The van der Waals surface area contributed by atoms with Crippen LogP contribution in [0.15, 0.2) is 40.9 Å². The van der Waals surface area contributed by atoms with E-state index in [-0.39, 0.29) is 10.9 Å². The number of halogens is 4. The fraction of sp³-hybridized carbons (Fsp3) is 0. The van der Waals surface area contributed by atoms with Crippen molar-refractivity contribution < 1.29 is 9.18 Å². The zero-order valence-corrected chi connectivity index (χ0v) is 13.9. The van der Waals surface area contributed by atoms with Crippen LogP contribution in [0.4, 0.5) is 10.1 Å². The Morgan fingerprint density at radius 3 is 2.68 bits per heavy atom. The van der Waals surface area contributed by atoms with Crippen molar-refractivity contribution >= 4 is 61.7 Å². The fourth-order valence-electron chi connectivity index (χ4n) is 1.44. The Morgan fingerprint density at radius 1 is 1.26 bits per heavy atom. The Kier molecular flexibility index (Phi) is 4.81. The van der Waals surface area contributed by atoms with Crippen LogP contribution in [-0.4, -0.2) is 5.91 Å². The molecule has 2 aromatic carbocycles. The Balaban J connectivity index is 2.25. The molecule has 0 unspecified atom stereocenters. The van der Waals surface area contributed by atoms with Crippen LogP contribution in [0.2, 0.25) is 5.02 Å². The van der Waals surface area contributed by atoms with Gasteiger partial charge in [-0.3, -0.25) is 4.79 Å². The summed E-state index contributed by atoms with van der Waals surface area (Å²) in [6.07, 6.45) is 0. The largest absolute Gasteiger partial charge is 0.322 e. The minimum absolute atomic E-state index is 0.0232. The van der Waals surface area contributed by atoms with Crippen molar-refractivity contribution in [2.75, 3.05) is 5.32 Å². The SMILES string of the molecule is O=C(Nc1ccc(Cl)c(F)c1)c1cc(Br)ccc1I. The second-order valence-corrected chi connectivity index (χ2v) is 6.19. The van der Waals surface area contributed by atoms with E-state index in [4.69, 9.17) is 11.6 Å². The molecule has 0 aliphatic heterocycles. The number of benzene rings is 2. The van der Waals surface area contributed by atoms with Gasteiger partial charge in [0.15, 0.2) is 0 Å². The van der Waals surface area contributed by atoms with Gasteiger partial charge in [0.25, 0.3) is 5.91 Å². The van der Waals surface area contributed by atoms with E-state index in [1.807, 2.05) is 12.1 Å². The molecule has 0 aliphatic rings. The monoisotopic (exact) mass is 453 g/mol. The van der Waals surface area contributed by atoms with Crippen molar-refractivity contribution in [1.29, 1.82) is 0 Å². The molecule has 2 nitrogen and oxygen atoms in total. The molecule has 0 aromatic heterocycles. The van der Waals surface area contributed by atoms with Crippen molar-refractivity contribution in [2.45, 2.75) is 0 Å². The van der Waals surface area contributed by atoms with Crippen LogP contribution in [0, 0.1) is 9.39 Å². The molecule has 0 aliphatic carbocycles. The van der Waals surface area contributed by atoms with Crippen LogP contribution in [0.5, 0.6) is 0 Å². The smallest absolute Gasteiger partial charge is 0.256 e. The lowest BCUT2D eigenvalue weighted by molar-refractivity contribution is 0.102. The second-order valence-electron chi connectivity index (χ2n) is 3.71. The highest BCUT2D eigenvalue weighted by molar-refractivity contribution is 14.1. The minimum atomic E-state index is -0.566. The predicted molar refractivity (Wildman–Crippen MR) is 86.2 cm³/mol. The van der Waals surface area contributed by atoms with Crippen LogP contribution >= 0.6 is 50.1 Å². The average Bonchev–Trinajstić information content (AvgIpc) is 2.36. The van der Waals surface area contributed by atoms with Gasteiger partial charge in [-0.1, -0.05) is 27.5 Å². The summed E-state index contributed by atoms with van der Waals surface area (Å²) in [5, 5.41) is 2.65. The Morgan fingerprint density at radius 2 is 2.00 bits per heavy atom. The lowest BCUT2D eigenvalue weighted by atomic mass is 10.2. The lowest BCUT2D eigenvalue weighted by Gasteiger charge is -2.08. The summed E-state index contributed by atoms with van der Waals surface area (Å²) in [6, 6.07) is 9.52. The normalized spacial score (nSPS) is 10.3. The van der Waals surface area contributed by atoms with Gasteiger partial charge in [-0.15, -0.1) is 0 Å². The first-order valence-electron chi connectivity index (χ1n) is 5.19. The third-order valence-electron chi connectivity index (χ3n) is 2.35. The summed E-state index contributed by atoms with van der Waals surface area (Å²) in [5.74, 6) is -0.865. The van der Waals surface area contributed by atoms with Gasteiger partial charge in [0.05, 0.1) is 10.6 Å². The van der Waals surface area contributed by atoms with Gasteiger partial charge >= 0.3 is 0 Å². The minimum Gasteiger partial charge on any atom is -0.322 e. The Labute approximate surface area is 136 Å². The quantitative estimate of drug-likeness (QED) is 0.629. The standard InChI is InChI=1S/C13H7BrClFINO/c14-7-1-4-12(17)9(5-7)13(19)18-8-2-3-10(15)11(16)6-8/h1-6H,(H,18,19). The number of hydrogen-bond acceptors (Lipinski definition) is 1. The number of amides is 1. The maximum atomic E-state index is 13.3. The van der Waals surface area contributed by atoms with Gasteiger partial charge in [-0.2, -0.15) is 0 Å². The van der Waals surface area contributed by atoms with Gasteiger partial charge in [0.1, 0.15) is 5.82 Å². The van der Waals surface area contributed by atoms with Gasteiger partial charge in [-0.25, -0.2) is 4.39 Å². The molecule has 0 bridgehead atoms. The molecule has 6 heteroatoms. The summed E-state index contributed by atoms with van der Waals surface area (Å²) >= 11 is 11.0. The molecular weight excluding hydrogens is 447 g/mol. The average molecular weight is 454 g/mol. The summed E-state index contributed by atoms with van der Waals surface area (Å²) in [7, 11) is 0. The van der Waals surface area contributed by atoms with Crippen molar-refractivity contribution in [3.63, 3.8) is 0 Å². The Hall–Kier alpha value is -0.660. The van der Waals surface area contributed by atoms with E-state index < -0.39 is 5.82 Å². The van der Waals surface area contributed by atoms with Crippen LogP contribution in [0.1, 0.15) is 10.4 Å². The number of carbonyl (C=O) groups excluding carboxylic acids is 1. The second kappa shape index (κ2) is 6.19. The summed E-state index contributed by atoms with van der Waals surface area (Å²) in [4.78, 5) is 12.1. The predicted octanol–water partition coefficient (Wildman–Crippen LogP) is 5.10. The van der Waals surface area contributed by atoms with E-state index in [1.54, 1.807) is 12.1 Å². The van der Waals surface area contributed by atoms with E-state index in [0.29, 0.717) is 11.3 Å². The molecule has 0 spiro atoms. The van der Waals surface area contributed by atoms with Crippen LogP contribution in [-0.2, 0) is 0 Å². The van der Waals surface area contributed by atoms with Crippen molar-refractivity contribution in [2.24, 2.45) is 0 Å². The van der Waals surface area contributed by atoms with E-state index >= 15 is 0 Å². The molecule has 0 fully saturated rings. The number of carbonyl (C=O) groups is 1. The molecule has 1 N–H and O–H groups in total. The molecule has 2 aromatic rings. The molecule has 98 valence electrons. The number of hydrogen-bond donors (Lipinski definition) is 1. The van der Waals surface area contributed by atoms with E-state index in [0.717, 1.165) is 8.04 Å². The molecule has 0 heterocycles. The third kappa shape index (κ3) is 3.67. The summed E-state index contributed by atoms with van der Waals surface area (Å²) in [5.41, 5.74) is 0.882. The zero-order chi connectivity index (χ0) is 14.0. The zero-order valence-electron chi connectivity index (χ0n) is 9.38. The molecule has 0 saturated carbocycles. The topological polar surface area (TPSA) is 29.1 Å². The highest BCUT2D eigenvalue weighted by Gasteiger charge is 2.11. The van der Waals surface area contributed by atoms with Gasteiger partial charge in [-0.05, 0) is 59.0 Å². The van der Waals surface area contributed by atoms with Crippen molar-refractivity contribution in [1.82, 2.24) is 0 Å². The van der Waals surface area contributed by atoms with Crippen molar-refractivity contribution in [3.8, 4) is 0 Å². The summed E-state index contributed by atoms with van der Waals surface area (Å²) in [6.45, 7) is 0. The maximum absolute atomic E-state index is 13.3. The first kappa shape index (κ1) is 14.7. The van der Waals surface area contributed by atoms with Gasteiger partial charge < -0.3 is 5.32 Å². The molecule has 0 saturated heterocycles. The van der Waals surface area contributed by atoms with Crippen molar-refractivity contribution in [3.05, 3.63) is 60.8 Å². The van der Waals surface area contributed by atoms with Crippen LogP contribution in [0.25, 0.3) is 0 Å². The van der Waals surface area contributed by atoms with E-state index in [2.05, 4.69) is 43.8 Å². The molecule has 2 rings (SSSR count). The van der Waals surface area contributed by atoms with Crippen LogP contribution in [0.3, 0.4) is 0 Å². The number of rotatable bonds is 2. The van der Waals surface area contributed by atoms with Gasteiger partial charge in [0, 0.05) is 13.7 Å². The molecule has 19 heavy (non-hydrogen) atoms. The van der Waals surface area contributed by atoms with Gasteiger partial charge in [0.2, 0.25) is 0 Å². The third-order valence-corrected chi connectivity index (χ3v) is 4.09. The van der Waals surface area contributed by atoms with E-state index in [1.165, 1.54) is 12.1 Å². The Bertz CT molecular complexity index is 651. The highest BCUT2D eigenvalue weighted by atomic mass is 127. The lowest BCUT2D eigenvalue weighted by Crippen LogP contribution is -2.13. The highest BCUT2D eigenvalue weighted by Crippen LogP contribution is 2.22. The number of nitrogens with one attached hydrogen (secondary N) is 1. The number of anilines is 1. The first-order chi connectivity index (χ1) is 8.97. The maximum Gasteiger partial charge on any atom is 0.256 e. The first-order valence-corrected chi connectivity index (χ1v) is 7.44. The molecule has 0 atom stereocenters. The molecular formula is C13H7BrClFINO.